The molecule has 0 fully saturated rings. The molecule has 0 aliphatic rings. The number of ketones is 1. The monoisotopic (exact) mass is 249 g/mol. The minimum absolute atomic E-state index is 0.0348. The van der Waals surface area contributed by atoms with Crippen LogP contribution in [0.1, 0.15) is 48.2 Å². The molecule has 18 heavy (non-hydrogen) atoms. The molecule has 0 radical (unpaired) electrons. The summed E-state index contributed by atoms with van der Waals surface area (Å²) < 4.78 is 5.39. The summed E-state index contributed by atoms with van der Waals surface area (Å²) in [5.41, 5.74) is 8.08. The Morgan fingerprint density at radius 3 is 2.28 bits per heavy atom. The average molecular weight is 249 g/mol. The van der Waals surface area contributed by atoms with Crippen molar-refractivity contribution in [3.05, 3.63) is 28.8 Å². The lowest BCUT2D eigenvalue weighted by Gasteiger charge is -2.26. The van der Waals surface area contributed by atoms with Crippen LogP contribution in [0.5, 0.6) is 5.75 Å². The lowest BCUT2D eigenvalue weighted by Crippen LogP contribution is -2.46. The summed E-state index contributed by atoms with van der Waals surface area (Å²) in [5, 5.41) is 0. The van der Waals surface area contributed by atoms with E-state index in [9.17, 15) is 4.79 Å². The predicted octanol–water partition coefficient (Wildman–Crippen LogP) is 3.01. The summed E-state index contributed by atoms with van der Waals surface area (Å²) in [7, 11) is 1.59. The second-order valence-corrected chi connectivity index (χ2v) is 4.78. The Morgan fingerprint density at radius 1 is 1.28 bits per heavy atom. The fraction of sp³-hybridized carbons (Fsp3) is 0.533. The number of benzene rings is 1. The van der Waals surface area contributed by atoms with Crippen molar-refractivity contribution in [2.24, 2.45) is 5.73 Å². The number of Topliss-reactive ketones (excluding diaryl/α,β-unsaturated/α-hetero) is 1. The van der Waals surface area contributed by atoms with E-state index in [1.165, 1.54) is 0 Å². The van der Waals surface area contributed by atoms with Crippen LogP contribution in [0.2, 0.25) is 0 Å². The molecule has 3 heteroatoms. The highest BCUT2D eigenvalue weighted by Gasteiger charge is 2.33. The van der Waals surface area contributed by atoms with E-state index in [4.69, 9.17) is 10.5 Å². The smallest absolute Gasteiger partial charge is 0.186 e. The lowest BCUT2D eigenvalue weighted by atomic mass is 9.84. The van der Waals surface area contributed by atoms with Gasteiger partial charge in [0, 0.05) is 0 Å². The van der Waals surface area contributed by atoms with Crippen molar-refractivity contribution >= 4 is 5.78 Å². The van der Waals surface area contributed by atoms with Gasteiger partial charge in [-0.2, -0.15) is 0 Å². The van der Waals surface area contributed by atoms with Crippen LogP contribution in [0.25, 0.3) is 0 Å². The van der Waals surface area contributed by atoms with Crippen LogP contribution in [0.4, 0.5) is 0 Å². The van der Waals surface area contributed by atoms with Crippen molar-refractivity contribution in [2.45, 2.75) is 46.1 Å². The predicted molar refractivity (Wildman–Crippen MR) is 74.3 cm³/mol. The highest BCUT2D eigenvalue weighted by Crippen LogP contribution is 2.30. The Kier molecular flexibility index (Phi) is 4.52. The van der Waals surface area contributed by atoms with Crippen LogP contribution in [0.3, 0.4) is 0 Å². The van der Waals surface area contributed by atoms with Crippen molar-refractivity contribution in [1.82, 2.24) is 0 Å². The van der Waals surface area contributed by atoms with Gasteiger partial charge in [-0.1, -0.05) is 19.9 Å². The van der Waals surface area contributed by atoms with Crippen LogP contribution in [-0.4, -0.2) is 18.4 Å². The zero-order valence-electron chi connectivity index (χ0n) is 12.0. The molecular formula is C15H23NO2. The maximum atomic E-state index is 12.6. The van der Waals surface area contributed by atoms with Gasteiger partial charge in [0.1, 0.15) is 5.75 Å². The number of carbonyl (C=O) groups excluding carboxylic acids is 1. The average Bonchev–Trinajstić information content (AvgIpc) is 2.39. The third kappa shape index (κ3) is 2.41. The fourth-order valence-electron chi connectivity index (χ4n) is 2.07. The number of nitrogens with two attached hydrogens (primary N) is 1. The largest absolute Gasteiger partial charge is 0.496 e. The van der Waals surface area contributed by atoms with Gasteiger partial charge in [0.25, 0.3) is 0 Å². The van der Waals surface area contributed by atoms with E-state index in [-0.39, 0.29) is 5.78 Å². The minimum Gasteiger partial charge on any atom is -0.496 e. The molecule has 0 aliphatic carbocycles. The molecular weight excluding hydrogens is 226 g/mol. The van der Waals surface area contributed by atoms with Crippen molar-refractivity contribution in [3.8, 4) is 5.75 Å². The number of rotatable bonds is 5. The summed E-state index contributed by atoms with van der Waals surface area (Å²) in [6.07, 6.45) is 1.25. The van der Waals surface area contributed by atoms with Crippen molar-refractivity contribution in [1.29, 1.82) is 0 Å². The highest BCUT2D eigenvalue weighted by molar-refractivity contribution is 6.05. The Bertz CT molecular complexity index is 448. The van der Waals surface area contributed by atoms with Gasteiger partial charge in [0.2, 0.25) is 0 Å². The topological polar surface area (TPSA) is 52.3 Å². The Morgan fingerprint density at radius 2 is 1.83 bits per heavy atom. The maximum absolute atomic E-state index is 12.6. The molecule has 0 bridgehead atoms. The van der Waals surface area contributed by atoms with Gasteiger partial charge in [-0.3, -0.25) is 4.79 Å². The number of methoxy groups -OCH3 is 1. The second-order valence-electron chi connectivity index (χ2n) is 4.78. The third-order valence-electron chi connectivity index (χ3n) is 3.84. The molecule has 2 N–H and O–H groups in total. The first-order valence-corrected chi connectivity index (χ1v) is 6.39. The lowest BCUT2D eigenvalue weighted by molar-refractivity contribution is 0.0876. The number of hydrogen-bond acceptors (Lipinski definition) is 3. The zero-order chi connectivity index (χ0) is 13.9. The molecule has 1 aromatic rings. The summed E-state index contributed by atoms with van der Waals surface area (Å²) in [6.45, 7) is 7.84. The van der Waals surface area contributed by atoms with E-state index < -0.39 is 5.54 Å². The molecule has 0 saturated carbocycles. The molecule has 1 rings (SSSR count). The number of ether oxygens (including phenoxy) is 1. The molecule has 0 spiro atoms. The number of hydrogen-bond donors (Lipinski definition) is 1. The Hall–Kier alpha value is -1.35. The molecule has 0 aromatic heterocycles. The molecule has 0 unspecified atom stereocenters. The minimum atomic E-state index is -0.797. The molecule has 0 saturated heterocycles. The van der Waals surface area contributed by atoms with Crippen LogP contribution in [0, 0.1) is 13.8 Å². The Balaban J connectivity index is 3.34. The van der Waals surface area contributed by atoms with Crippen LogP contribution in [0.15, 0.2) is 12.1 Å². The molecule has 0 aliphatic heterocycles. The van der Waals surface area contributed by atoms with Crippen molar-refractivity contribution in [3.63, 3.8) is 0 Å². The van der Waals surface area contributed by atoms with Crippen LogP contribution in [-0.2, 0) is 0 Å². The van der Waals surface area contributed by atoms with E-state index in [1.54, 1.807) is 7.11 Å². The standard InChI is InChI=1S/C15H23NO2/c1-6-15(16,7-2)14(17)12-9-8-10(3)11(4)13(12)18-5/h8-9H,6-7,16H2,1-5H3. The van der Waals surface area contributed by atoms with Crippen LogP contribution < -0.4 is 10.5 Å². The summed E-state index contributed by atoms with van der Waals surface area (Å²) in [6, 6.07) is 3.76. The highest BCUT2D eigenvalue weighted by atomic mass is 16.5. The normalized spacial score (nSPS) is 11.4. The van der Waals surface area contributed by atoms with E-state index in [2.05, 4.69) is 0 Å². The van der Waals surface area contributed by atoms with Gasteiger partial charge in [-0.05, 0) is 43.9 Å². The van der Waals surface area contributed by atoms with Crippen molar-refractivity contribution < 1.29 is 9.53 Å². The first-order valence-electron chi connectivity index (χ1n) is 6.39. The first-order chi connectivity index (χ1) is 8.41. The molecule has 0 heterocycles. The van der Waals surface area contributed by atoms with E-state index >= 15 is 0 Å². The van der Waals surface area contributed by atoms with Crippen molar-refractivity contribution in [2.75, 3.05) is 7.11 Å². The first kappa shape index (κ1) is 14.7. The van der Waals surface area contributed by atoms with Gasteiger partial charge in [-0.15, -0.1) is 0 Å². The summed E-state index contributed by atoms with van der Waals surface area (Å²) in [5.74, 6) is 0.615. The molecule has 1 aromatic carbocycles. The van der Waals surface area contributed by atoms with Gasteiger partial charge >= 0.3 is 0 Å². The number of aryl methyl sites for hydroxylation is 1. The van der Waals surface area contributed by atoms with E-state index in [1.807, 2.05) is 39.8 Å². The molecule has 0 amide bonds. The quantitative estimate of drug-likeness (QED) is 0.816. The van der Waals surface area contributed by atoms with Gasteiger partial charge < -0.3 is 10.5 Å². The van der Waals surface area contributed by atoms with E-state index in [0.29, 0.717) is 24.2 Å². The summed E-state index contributed by atoms with van der Waals surface area (Å²) in [4.78, 5) is 12.6. The summed E-state index contributed by atoms with van der Waals surface area (Å²) >= 11 is 0. The third-order valence-corrected chi connectivity index (χ3v) is 3.84. The maximum Gasteiger partial charge on any atom is 0.186 e. The van der Waals surface area contributed by atoms with E-state index in [0.717, 1.165) is 11.1 Å². The number of carbonyl (C=O) groups is 1. The Labute approximate surface area is 109 Å². The second kappa shape index (κ2) is 5.53. The molecule has 3 nitrogen and oxygen atoms in total. The molecule has 100 valence electrons. The molecule has 0 atom stereocenters. The fourth-order valence-corrected chi connectivity index (χ4v) is 2.07. The van der Waals surface area contributed by atoms with Gasteiger partial charge in [-0.25, -0.2) is 0 Å². The zero-order valence-corrected chi connectivity index (χ0v) is 12.0. The van der Waals surface area contributed by atoms with Gasteiger partial charge in [0.15, 0.2) is 5.78 Å². The van der Waals surface area contributed by atoms with Gasteiger partial charge in [0.05, 0.1) is 18.2 Å². The SMILES string of the molecule is CCC(N)(CC)C(=O)c1ccc(C)c(C)c1OC. The van der Waals surface area contributed by atoms with Crippen LogP contribution >= 0.6 is 0 Å².